The van der Waals surface area contributed by atoms with Crippen molar-refractivity contribution in [1.82, 2.24) is 5.32 Å². The van der Waals surface area contributed by atoms with Crippen LogP contribution in [0.3, 0.4) is 0 Å². The number of carbonyl (C=O) groups excluding carboxylic acids is 1. The monoisotopic (exact) mass is 245 g/mol. The van der Waals surface area contributed by atoms with Gasteiger partial charge in [-0.2, -0.15) is 0 Å². The van der Waals surface area contributed by atoms with Gasteiger partial charge in [0.1, 0.15) is 0 Å². The van der Waals surface area contributed by atoms with Gasteiger partial charge in [-0.3, -0.25) is 4.79 Å². The first-order chi connectivity index (χ1) is 8.77. The van der Waals surface area contributed by atoms with Crippen molar-refractivity contribution in [3.05, 3.63) is 35.4 Å². The van der Waals surface area contributed by atoms with E-state index in [0.717, 1.165) is 30.6 Å². The third kappa shape index (κ3) is 5.03. The van der Waals surface area contributed by atoms with Crippen LogP contribution in [0.5, 0.6) is 0 Å². The Morgan fingerprint density at radius 3 is 2.72 bits per heavy atom. The van der Waals surface area contributed by atoms with Crippen LogP contribution in [0.25, 0.3) is 0 Å². The number of ether oxygens (including phenoxy) is 1. The second-order valence-electron chi connectivity index (χ2n) is 3.88. The SMILES string of the molecule is CC#CCCNCc1ccccc1CC(=O)OC. The Balaban J connectivity index is 2.52. The number of nitrogens with one attached hydrogen (secondary N) is 1. The van der Waals surface area contributed by atoms with E-state index in [0.29, 0.717) is 6.42 Å². The highest BCUT2D eigenvalue weighted by Crippen LogP contribution is 2.09. The van der Waals surface area contributed by atoms with Gasteiger partial charge in [0.15, 0.2) is 0 Å². The summed E-state index contributed by atoms with van der Waals surface area (Å²) in [5, 5.41) is 3.31. The smallest absolute Gasteiger partial charge is 0.309 e. The minimum Gasteiger partial charge on any atom is -0.469 e. The van der Waals surface area contributed by atoms with Crippen molar-refractivity contribution in [2.75, 3.05) is 13.7 Å². The molecule has 1 N–H and O–H groups in total. The molecule has 0 aliphatic carbocycles. The molecule has 0 amide bonds. The molecule has 0 atom stereocenters. The maximum absolute atomic E-state index is 11.3. The molecule has 18 heavy (non-hydrogen) atoms. The summed E-state index contributed by atoms with van der Waals surface area (Å²) in [5.74, 6) is 5.66. The summed E-state index contributed by atoms with van der Waals surface area (Å²) in [7, 11) is 1.41. The van der Waals surface area contributed by atoms with E-state index < -0.39 is 0 Å². The minimum atomic E-state index is -0.209. The van der Waals surface area contributed by atoms with Crippen molar-refractivity contribution < 1.29 is 9.53 Å². The van der Waals surface area contributed by atoms with Gasteiger partial charge in [0.25, 0.3) is 0 Å². The van der Waals surface area contributed by atoms with Crippen LogP contribution in [0, 0.1) is 11.8 Å². The summed E-state index contributed by atoms with van der Waals surface area (Å²) in [4.78, 5) is 11.3. The predicted molar refractivity (Wildman–Crippen MR) is 71.9 cm³/mol. The van der Waals surface area contributed by atoms with Crippen molar-refractivity contribution in [3.8, 4) is 11.8 Å². The molecule has 3 nitrogen and oxygen atoms in total. The normalized spacial score (nSPS) is 9.44. The van der Waals surface area contributed by atoms with Gasteiger partial charge in [0, 0.05) is 19.5 Å². The fourth-order valence-electron chi connectivity index (χ4n) is 1.63. The Morgan fingerprint density at radius 1 is 1.33 bits per heavy atom. The van der Waals surface area contributed by atoms with Crippen LogP contribution in [0.15, 0.2) is 24.3 Å². The average Bonchev–Trinajstić information content (AvgIpc) is 2.40. The van der Waals surface area contributed by atoms with Gasteiger partial charge >= 0.3 is 5.97 Å². The summed E-state index contributed by atoms with van der Waals surface area (Å²) in [6.07, 6.45) is 1.17. The summed E-state index contributed by atoms with van der Waals surface area (Å²) in [6, 6.07) is 7.89. The standard InChI is InChI=1S/C15H19NO2/c1-3-4-7-10-16-12-14-9-6-5-8-13(14)11-15(17)18-2/h5-6,8-9,16H,7,10-12H2,1-2H3. The van der Waals surface area contributed by atoms with Crippen LogP contribution in [0.4, 0.5) is 0 Å². The summed E-state index contributed by atoms with van der Waals surface area (Å²) >= 11 is 0. The fourth-order valence-corrected chi connectivity index (χ4v) is 1.63. The number of benzene rings is 1. The molecule has 0 saturated carbocycles. The Morgan fingerprint density at radius 2 is 2.06 bits per heavy atom. The lowest BCUT2D eigenvalue weighted by molar-refractivity contribution is -0.139. The van der Waals surface area contributed by atoms with Gasteiger partial charge in [-0.1, -0.05) is 24.3 Å². The lowest BCUT2D eigenvalue weighted by Gasteiger charge is -2.09. The summed E-state index contributed by atoms with van der Waals surface area (Å²) in [5.41, 5.74) is 2.14. The maximum Gasteiger partial charge on any atom is 0.309 e. The lowest BCUT2D eigenvalue weighted by atomic mass is 10.0. The molecule has 0 aromatic heterocycles. The Hall–Kier alpha value is -1.79. The molecule has 0 aliphatic heterocycles. The zero-order chi connectivity index (χ0) is 13.2. The van der Waals surface area contributed by atoms with Crippen LogP contribution in [-0.2, 0) is 22.5 Å². The molecule has 1 rings (SSSR count). The number of methoxy groups -OCH3 is 1. The van der Waals surface area contributed by atoms with E-state index in [1.807, 2.05) is 31.2 Å². The Bertz CT molecular complexity index is 443. The van der Waals surface area contributed by atoms with Crippen molar-refractivity contribution >= 4 is 5.97 Å². The minimum absolute atomic E-state index is 0.209. The summed E-state index contributed by atoms with van der Waals surface area (Å²) < 4.78 is 4.69. The first kappa shape index (κ1) is 14.3. The molecule has 3 heteroatoms. The average molecular weight is 245 g/mol. The van der Waals surface area contributed by atoms with Gasteiger partial charge < -0.3 is 10.1 Å². The van der Waals surface area contributed by atoms with Crippen molar-refractivity contribution in [1.29, 1.82) is 0 Å². The van der Waals surface area contributed by atoms with E-state index >= 15 is 0 Å². The Kier molecular flexibility index (Phi) is 6.60. The number of hydrogen-bond donors (Lipinski definition) is 1. The lowest BCUT2D eigenvalue weighted by Crippen LogP contribution is -2.16. The van der Waals surface area contributed by atoms with E-state index in [1.165, 1.54) is 7.11 Å². The molecule has 0 radical (unpaired) electrons. The molecule has 0 saturated heterocycles. The van der Waals surface area contributed by atoms with Gasteiger partial charge in [-0.05, 0) is 18.1 Å². The van der Waals surface area contributed by atoms with Gasteiger partial charge in [-0.15, -0.1) is 11.8 Å². The number of carbonyl (C=O) groups is 1. The van der Waals surface area contributed by atoms with E-state index in [4.69, 9.17) is 0 Å². The Labute approximate surface area is 109 Å². The largest absolute Gasteiger partial charge is 0.469 e. The van der Waals surface area contributed by atoms with Crippen LogP contribution in [0.1, 0.15) is 24.5 Å². The highest BCUT2D eigenvalue weighted by molar-refractivity contribution is 5.72. The first-order valence-corrected chi connectivity index (χ1v) is 6.02. The zero-order valence-electron chi connectivity index (χ0n) is 11.0. The summed E-state index contributed by atoms with van der Waals surface area (Å²) in [6.45, 7) is 3.44. The van der Waals surface area contributed by atoms with E-state index in [9.17, 15) is 4.79 Å². The molecular formula is C15H19NO2. The van der Waals surface area contributed by atoms with E-state index in [-0.39, 0.29) is 5.97 Å². The van der Waals surface area contributed by atoms with E-state index in [1.54, 1.807) is 0 Å². The molecule has 0 fully saturated rings. The number of rotatable bonds is 6. The van der Waals surface area contributed by atoms with E-state index in [2.05, 4.69) is 21.9 Å². The molecule has 1 aromatic rings. The third-order valence-electron chi connectivity index (χ3n) is 2.60. The van der Waals surface area contributed by atoms with Crippen LogP contribution in [-0.4, -0.2) is 19.6 Å². The molecule has 0 spiro atoms. The highest BCUT2D eigenvalue weighted by atomic mass is 16.5. The highest BCUT2D eigenvalue weighted by Gasteiger charge is 2.06. The number of esters is 1. The van der Waals surface area contributed by atoms with Gasteiger partial charge in [0.2, 0.25) is 0 Å². The maximum atomic E-state index is 11.3. The molecular weight excluding hydrogens is 226 g/mol. The first-order valence-electron chi connectivity index (χ1n) is 6.02. The second kappa shape index (κ2) is 8.32. The number of hydrogen-bond acceptors (Lipinski definition) is 3. The van der Waals surface area contributed by atoms with Crippen molar-refractivity contribution in [2.45, 2.75) is 26.3 Å². The predicted octanol–water partition coefficient (Wildman–Crippen LogP) is 1.91. The van der Waals surface area contributed by atoms with Crippen molar-refractivity contribution in [3.63, 3.8) is 0 Å². The fraction of sp³-hybridized carbons (Fsp3) is 0.400. The second-order valence-corrected chi connectivity index (χ2v) is 3.88. The van der Waals surface area contributed by atoms with Crippen LogP contribution in [0.2, 0.25) is 0 Å². The van der Waals surface area contributed by atoms with Crippen molar-refractivity contribution in [2.24, 2.45) is 0 Å². The molecule has 1 aromatic carbocycles. The topological polar surface area (TPSA) is 38.3 Å². The molecule has 96 valence electrons. The molecule has 0 unspecified atom stereocenters. The third-order valence-corrected chi connectivity index (χ3v) is 2.60. The van der Waals surface area contributed by atoms with Gasteiger partial charge in [0.05, 0.1) is 13.5 Å². The molecule has 0 aliphatic rings. The van der Waals surface area contributed by atoms with Crippen LogP contribution >= 0.6 is 0 Å². The molecule has 0 bridgehead atoms. The zero-order valence-corrected chi connectivity index (χ0v) is 11.0. The van der Waals surface area contributed by atoms with Crippen LogP contribution < -0.4 is 5.32 Å². The van der Waals surface area contributed by atoms with Gasteiger partial charge in [-0.25, -0.2) is 0 Å². The quantitative estimate of drug-likeness (QED) is 0.472. The molecule has 0 heterocycles.